The number of nitrogens with two attached hydrogens (primary N) is 1. The summed E-state index contributed by atoms with van der Waals surface area (Å²) < 4.78 is 0. The van der Waals surface area contributed by atoms with Crippen LogP contribution in [-0.2, 0) is 0 Å². The molecule has 3 N–H and O–H groups in total. The first-order valence-electron chi connectivity index (χ1n) is 6.96. The molecule has 4 heteroatoms. The third-order valence-corrected chi connectivity index (χ3v) is 4.17. The second-order valence-electron chi connectivity index (χ2n) is 5.52. The molecule has 0 aliphatic heterocycles. The molecule has 0 saturated heterocycles. The first-order valence-corrected chi connectivity index (χ1v) is 6.96. The molecule has 1 fully saturated rings. The van der Waals surface area contributed by atoms with E-state index in [1.165, 1.54) is 12.8 Å². The highest BCUT2D eigenvalue weighted by atomic mass is 16.2. The number of amides is 1. The zero-order chi connectivity index (χ0) is 13.8. The maximum atomic E-state index is 12.5. The molecule has 1 aliphatic carbocycles. The predicted octanol–water partition coefficient (Wildman–Crippen LogP) is 2.62. The van der Waals surface area contributed by atoms with Gasteiger partial charge in [-0.1, -0.05) is 19.1 Å². The predicted molar refractivity (Wildman–Crippen MR) is 77.8 cm³/mol. The van der Waals surface area contributed by atoms with Crippen molar-refractivity contribution < 1.29 is 4.79 Å². The monoisotopic (exact) mass is 261 g/mol. The largest absolute Gasteiger partial charge is 0.339 e. The van der Waals surface area contributed by atoms with Crippen molar-refractivity contribution in [2.45, 2.75) is 38.6 Å². The Hall–Kier alpha value is -1.55. The van der Waals surface area contributed by atoms with Crippen molar-refractivity contribution in [1.29, 1.82) is 0 Å². The number of rotatable bonds is 3. The summed E-state index contributed by atoms with van der Waals surface area (Å²) >= 11 is 0. The second-order valence-corrected chi connectivity index (χ2v) is 5.52. The van der Waals surface area contributed by atoms with E-state index >= 15 is 0 Å². The van der Waals surface area contributed by atoms with E-state index in [4.69, 9.17) is 5.84 Å². The smallest absolute Gasteiger partial charge is 0.255 e. The number of anilines is 1. The minimum atomic E-state index is 0.0492. The molecule has 1 saturated carbocycles. The van der Waals surface area contributed by atoms with E-state index in [1.54, 1.807) is 0 Å². The summed E-state index contributed by atoms with van der Waals surface area (Å²) in [6, 6.07) is 7.73. The SMILES string of the molecule is CC1CCC(N(C)C(=O)c2ccccc2NN)CC1. The molecule has 0 heterocycles. The van der Waals surface area contributed by atoms with Gasteiger partial charge in [-0.05, 0) is 43.7 Å². The lowest BCUT2D eigenvalue weighted by atomic mass is 9.86. The van der Waals surface area contributed by atoms with Gasteiger partial charge in [0.2, 0.25) is 0 Å². The first-order chi connectivity index (χ1) is 9.13. The van der Waals surface area contributed by atoms with Crippen molar-refractivity contribution >= 4 is 11.6 Å². The van der Waals surface area contributed by atoms with Crippen LogP contribution in [0.25, 0.3) is 0 Å². The lowest BCUT2D eigenvalue weighted by molar-refractivity contribution is 0.0680. The van der Waals surface area contributed by atoms with E-state index < -0.39 is 0 Å². The molecule has 0 unspecified atom stereocenters. The highest BCUT2D eigenvalue weighted by molar-refractivity contribution is 5.99. The maximum absolute atomic E-state index is 12.5. The molecule has 0 spiro atoms. The van der Waals surface area contributed by atoms with Gasteiger partial charge in [-0.25, -0.2) is 0 Å². The van der Waals surface area contributed by atoms with Crippen LogP contribution in [0.15, 0.2) is 24.3 Å². The van der Waals surface area contributed by atoms with Gasteiger partial charge in [0.05, 0.1) is 11.3 Å². The van der Waals surface area contributed by atoms with Crippen molar-refractivity contribution in [3.8, 4) is 0 Å². The second kappa shape index (κ2) is 6.06. The Morgan fingerprint density at radius 1 is 1.26 bits per heavy atom. The van der Waals surface area contributed by atoms with Crippen molar-refractivity contribution in [2.24, 2.45) is 11.8 Å². The number of para-hydroxylation sites is 1. The number of benzene rings is 1. The Bertz CT molecular complexity index is 439. The summed E-state index contributed by atoms with van der Waals surface area (Å²) in [6.45, 7) is 2.28. The number of nitrogen functional groups attached to an aromatic ring is 1. The highest BCUT2D eigenvalue weighted by Crippen LogP contribution is 2.28. The summed E-state index contributed by atoms with van der Waals surface area (Å²) in [5.74, 6) is 6.30. The molecule has 0 atom stereocenters. The molecule has 0 bridgehead atoms. The lowest BCUT2D eigenvalue weighted by Gasteiger charge is -2.34. The topological polar surface area (TPSA) is 58.4 Å². The van der Waals surface area contributed by atoms with Crippen molar-refractivity contribution in [1.82, 2.24) is 4.90 Å². The Morgan fingerprint density at radius 2 is 1.89 bits per heavy atom. The zero-order valence-electron chi connectivity index (χ0n) is 11.7. The van der Waals surface area contributed by atoms with Gasteiger partial charge in [0.1, 0.15) is 0 Å². The third-order valence-electron chi connectivity index (χ3n) is 4.17. The molecule has 104 valence electrons. The first kappa shape index (κ1) is 13.9. The zero-order valence-corrected chi connectivity index (χ0v) is 11.7. The van der Waals surface area contributed by atoms with Gasteiger partial charge in [-0.2, -0.15) is 0 Å². The van der Waals surface area contributed by atoms with E-state index in [2.05, 4.69) is 12.3 Å². The van der Waals surface area contributed by atoms with Crippen LogP contribution < -0.4 is 11.3 Å². The summed E-state index contributed by atoms with van der Waals surface area (Å²) in [5, 5.41) is 0. The number of hydrogen-bond donors (Lipinski definition) is 2. The molecule has 0 aromatic heterocycles. The lowest BCUT2D eigenvalue weighted by Crippen LogP contribution is -2.39. The summed E-state index contributed by atoms with van der Waals surface area (Å²) in [5.41, 5.74) is 3.92. The number of carbonyl (C=O) groups is 1. The molecule has 19 heavy (non-hydrogen) atoms. The van der Waals surface area contributed by atoms with Crippen molar-refractivity contribution in [3.63, 3.8) is 0 Å². The van der Waals surface area contributed by atoms with Crippen LogP contribution in [0.1, 0.15) is 43.0 Å². The Labute approximate surface area is 114 Å². The standard InChI is InChI=1S/C15H23N3O/c1-11-7-9-12(10-8-11)18(2)15(19)13-5-3-4-6-14(13)17-16/h3-6,11-12,17H,7-10,16H2,1-2H3. The average Bonchev–Trinajstić information content (AvgIpc) is 2.46. The Balaban J connectivity index is 2.10. The molecule has 1 aliphatic rings. The summed E-state index contributed by atoms with van der Waals surface area (Å²) in [4.78, 5) is 14.4. The minimum absolute atomic E-state index is 0.0492. The molecule has 4 nitrogen and oxygen atoms in total. The molecule has 0 radical (unpaired) electrons. The van der Waals surface area contributed by atoms with Gasteiger partial charge < -0.3 is 10.3 Å². The number of hydrogen-bond acceptors (Lipinski definition) is 3. The van der Waals surface area contributed by atoms with Crippen molar-refractivity contribution in [2.75, 3.05) is 12.5 Å². The van der Waals surface area contributed by atoms with Gasteiger partial charge in [0.15, 0.2) is 0 Å². The van der Waals surface area contributed by atoms with Crippen molar-refractivity contribution in [3.05, 3.63) is 29.8 Å². The van der Waals surface area contributed by atoms with E-state index in [1.807, 2.05) is 36.2 Å². The summed E-state index contributed by atoms with van der Waals surface area (Å²) in [6.07, 6.45) is 4.61. The number of nitrogens with zero attached hydrogens (tertiary/aromatic N) is 1. The summed E-state index contributed by atoms with van der Waals surface area (Å²) in [7, 11) is 1.90. The van der Waals surface area contributed by atoms with E-state index in [9.17, 15) is 4.79 Å². The van der Waals surface area contributed by atoms with Crippen LogP contribution >= 0.6 is 0 Å². The molecule has 2 rings (SSSR count). The normalized spacial score (nSPS) is 22.9. The van der Waals surface area contributed by atoms with Crippen LogP contribution in [0.5, 0.6) is 0 Å². The maximum Gasteiger partial charge on any atom is 0.255 e. The molecular formula is C15H23N3O. The molecule has 1 amide bonds. The van der Waals surface area contributed by atoms with Gasteiger partial charge in [-0.15, -0.1) is 0 Å². The average molecular weight is 261 g/mol. The highest BCUT2D eigenvalue weighted by Gasteiger charge is 2.26. The quantitative estimate of drug-likeness (QED) is 0.649. The minimum Gasteiger partial charge on any atom is -0.339 e. The van der Waals surface area contributed by atoms with Crippen LogP contribution in [-0.4, -0.2) is 23.9 Å². The molecule has 1 aromatic carbocycles. The van der Waals surface area contributed by atoms with E-state index in [-0.39, 0.29) is 5.91 Å². The fraction of sp³-hybridized carbons (Fsp3) is 0.533. The Morgan fingerprint density at radius 3 is 2.53 bits per heavy atom. The molecular weight excluding hydrogens is 238 g/mol. The van der Waals surface area contributed by atoms with E-state index in [0.29, 0.717) is 17.3 Å². The number of carbonyl (C=O) groups excluding carboxylic acids is 1. The van der Waals surface area contributed by atoms with Gasteiger partial charge >= 0.3 is 0 Å². The van der Waals surface area contributed by atoms with Crippen LogP contribution in [0.2, 0.25) is 0 Å². The van der Waals surface area contributed by atoms with E-state index in [0.717, 1.165) is 18.8 Å². The van der Waals surface area contributed by atoms with Gasteiger partial charge in [0, 0.05) is 13.1 Å². The molecule has 1 aromatic rings. The van der Waals surface area contributed by atoms with Crippen LogP contribution in [0, 0.1) is 5.92 Å². The number of hydrazine groups is 1. The van der Waals surface area contributed by atoms with Gasteiger partial charge in [0.25, 0.3) is 5.91 Å². The van der Waals surface area contributed by atoms with Gasteiger partial charge in [-0.3, -0.25) is 10.6 Å². The van der Waals surface area contributed by atoms with Crippen LogP contribution in [0.3, 0.4) is 0 Å². The third kappa shape index (κ3) is 3.07. The Kier molecular flexibility index (Phi) is 4.43. The fourth-order valence-electron chi connectivity index (χ4n) is 2.78. The fourth-order valence-corrected chi connectivity index (χ4v) is 2.78. The van der Waals surface area contributed by atoms with Crippen LogP contribution in [0.4, 0.5) is 5.69 Å². The number of nitrogens with one attached hydrogen (secondary N) is 1.